The minimum Gasteiger partial charge on any atom is -0.393 e. The third-order valence-corrected chi connectivity index (χ3v) is 5.77. The van der Waals surface area contributed by atoms with Crippen LogP contribution in [0.4, 0.5) is 0 Å². The molecular formula is C25H37NO4. The van der Waals surface area contributed by atoms with Crippen LogP contribution < -0.4 is 5.32 Å². The first-order valence-electron chi connectivity index (χ1n) is 11.2. The first-order valence-corrected chi connectivity index (χ1v) is 11.2. The lowest BCUT2D eigenvalue weighted by atomic mass is 9.89. The van der Waals surface area contributed by atoms with Gasteiger partial charge in [0.25, 0.3) is 0 Å². The maximum atomic E-state index is 11.4. The molecule has 1 fully saturated rings. The molecule has 0 spiro atoms. The van der Waals surface area contributed by atoms with Crippen LogP contribution in [0.25, 0.3) is 0 Å². The van der Waals surface area contributed by atoms with Crippen LogP contribution in [0, 0.1) is 11.8 Å². The SMILES string of the molecule is CCNC(=O)CCC/C=C\C[C@@H]1C(/C=C/[C@@H](O)CCc2ccccc2)[C@H](O)C[C@@H]1O. The summed E-state index contributed by atoms with van der Waals surface area (Å²) in [5, 5.41) is 33.8. The Balaban J connectivity index is 1.78. The number of aryl methyl sites for hydroxylation is 1. The summed E-state index contributed by atoms with van der Waals surface area (Å²) in [5.41, 5.74) is 1.19. The molecule has 5 atom stereocenters. The number of amides is 1. The zero-order valence-corrected chi connectivity index (χ0v) is 18.0. The van der Waals surface area contributed by atoms with Gasteiger partial charge in [0.1, 0.15) is 0 Å². The standard InChI is InChI=1S/C25H37NO4/c1-2-26-25(30)13-9-4-3-8-12-21-22(24(29)18-23(21)28)17-16-20(27)15-14-19-10-6-5-7-11-19/h3,5-8,10-11,16-17,20-24,27-29H,2,4,9,12-15,18H2,1H3,(H,26,30)/b8-3-,17-16+/t20-,21+,22?,23-,24+/m0/s1. The normalized spacial score (nSPS) is 25.2. The van der Waals surface area contributed by atoms with Gasteiger partial charge in [-0.05, 0) is 50.5 Å². The number of benzene rings is 1. The molecule has 4 N–H and O–H groups in total. The second-order valence-electron chi connectivity index (χ2n) is 8.14. The van der Waals surface area contributed by atoms with Crippen molar-refractivity contribution in [3.05, 3.63) is 60.2 Å². The molecule has 0 saturated heterocycles. The molecule has 5 heteroatoms. The third-order valence-electron chi connectivity index (χ3n) is 5.77. The number of carbonyl (C=O) groups excluding carboxylic acids is 1. The average molecular weight is 416 g/mol. The quantitative estimate of drug-likeness (QED) is 0.312. The Labute approximate surface area is 180 Å². The summed E-state index contributed by atoms with van der Waals surface area (Å²) in [6.07, 6.45) is 10.6. The smallest absolute Gasteiger partial charge is 0.219 e. The predicted octanol–water partition coefficient (Wildman–Crippen LogP) is 3.15. The van der Waals surface area contributed by atoms with E-state index in [2.05, 4.69) is 5.32 Å². The molecule has 1 unspecified atom stereocenters. The van der Waals surface area contributed by atoms with Crippen molar-refractivity contribution in [2.45, 2.75) is 70.2 Å². The van der Waals surface area contributed by atoms with Crippen LogP contribution in [0.3, 0.4) is 0 Å². The van der Waals surface area contributed by atoms with E-state index in [-0.39, 0.29) is 17.7 Å². The highest BCUT2D eigenvalue weighted by Gasteiger charge is 2.39. The number of aliphatic hydroxyl groups excluding tert-OH is 3. The third kappa shape index (κ3) is 8.42. The molecule has 0 radical (unpaired) electrons. The zero-order valence-electron chi connectivity index (χ0n) is 18.0. The van der Waals surface area contributed by atoms with Gasteiger partial charge in [0.2, 0.25) is 5.91 Å². The van der Waals surface area contributed by atoms with Gasteiger partial charge in [-0.2, -0.15) is 0 Å². The van der Waals surface area contributed by atoms with Gasteiger partial charge in [-0.1, -0.05) is 54.6 Å². The van der Waals surface area contributed by atoms with Crippen molar-refractivity contribution >= 4 is 5.91 Å². The number of hydrogen-bond acceptors (Lipinski definition) is 4. The fourth-order valence-corrected chi connectivity index (χ4v) is 4.06. The van der Waals surface area contributed by atoms with Crippen LogP contribution in [-0.2, 0) is 11.2 Å². The number of hydrogen-bond donors (Lipinski definition) is 4. The summed E-state index contributed by atoms with van der Waals surface area (Å²) < 4.78 is 0. The zero-order chi connectivity index (χ0) is 21.8. The Morgan fingerprint density at radius 1 is 1.20 bits per heavy atom. The number of carbonyl (C=O) groups is 1. The van der Waals surface area contributed by atoms with Gasteiger partial charge in [-0.25, -0.2) is 0 Å². The van der Waals surface area contributed by atoms with Crippen molar-refractivity contribution < 1.29 is 20.1 Å². The van der Waals surface area contributed by atoms with Crippen LogP contribution in [-0.4, -0.2) is 46.1 Å². The summed E-state index contributed by atoms with van der Waals surface area (Å²) in [6.45, 7) is 2.57. The molecule has 0 aliphatic heterocycles. The monoisotopic (exact) mass is 415 g/mol. The predicted molar refractivity (Wildman–Crippen MR) is 120 cm³/mol. The molecular weight excluding hydrogens is 378 g/mol. The number of nitrogens with one attached hydrogen (secondary N) is 1. The van der Waals surface area contributed by atoms with E-state index in [9.17, 15) is 20.1 Å². The van der Waals surface area contributed by atoms with Crippen molar-refractivity contribution in [2.75, 3.05) is 6.54 Å². The van der Waals surface area contributed by atoms with Crippen LogP contribution in [0.1, 0.15) is 51.0 Å². The van der Waals surface area contributed by atoms with Gasteiger partial charge in [0, 0.05) is 25.3 Å². The van der Waals surface area contributed by atoms with E-state index in [4.69, 9.17) is 0 Å². The molecule has 2 rings (SSSR count). The van der Waals surface area contributed by atoms with Crippen molar-refractivity contribution in [1.82, 2.24) is 5.32 Å². The second-order valence-corrected chi connectivity index (χ2v) is 8.14. The van der Waals surface area contributed by atoms with Gasteiger partial charge in [0.15, 0.2) is 0 Å². The Hall–Kier alpha value is -1.95. The van der Waals surface area contributed by atoms with Crippen molar-refractivity contribution in [3.63, 3.8) is 0 Å². The van der Waals surface area contributed by atoms with Gasteiger partial charge >= 0.3 is 0 Å². The maximum absolute atomic E-state index is 11.4. The van der Waals surface area contributed by atoms with Gasteiger partial charge < -0.3 is 20.6 Å². The number of rotatable bonds is 12. The van der Waals surface area contributed by atoms with Crippen LogP contribution >= 0.6 is 0 Å². The van der Waals surface area contributed by atoms with Crippen molar-refractivity contribution in [1.29, 1.82) is 0 Å². The van der Waals surface area contributed by atoms with Crippen molar-refractivity contribution in [2.24, 2.45) is 11.8 Å². The number of unbranched alkanes of at least 4 members (excludes halogenated alkanes) is 1. The molecule has 1 aliphatic rings. The Kier molecular flexibility index (Phi) is 10.8. The first-order chi connectivity index (χ1) is 14.5. The van der Waals surface area contributed by atoms with E-state index in [0.29, 0.717) is 32.2 Å². The highest BCUT2D eigenvalue weighted by molar-refractivity contribution is 5.75. The molecule has 1 aromatic rings. The molecule has 0 bridgehead atoms. The second kappa shape index (κ2) is 13.4. The van der Waals surface area contributed by atoms with Gasteiger partial charge in [-0.3, -0.25) is 4.79 Å². The molecule has 5 nitrogen and oxygen atoms in total. The minimum absolute atomic E-state index is 0.0581. The van der Waals surface area contributed by atoms with E-state index >= 15 is 0 Å². The van der Waals surface area contributed by atoms with E-state index in [1.165, 1.54) is 5.56 Å². The Morgan fingerprint density at radius 3 is 2.70 bits per heavy atom. The Bertz CT molecular complexity index is 673. The molecule has 1 aliphatic carbocycles. The molecule has 1 saturated carbocycles. The lowest BCUT2D eigenvalue weighted by molar-refractivity contribution is -0.121. The first kappa shape index (κ1) is 24.3. The lowest BCUT2D eigenvalue weighted by Crippen LogP contribution is -2.21. The summed E-state index contributed by atoms with van der Waals surface area (Å²) in [6, 6.07) is 10.1. The fourth-order valence-electron chi connectivity index (χ4n) is 4.06. The molecule has 0 heterocycles. The van der Waals surface area contributed by atoms with Gasteiger partial charge in [0.05, 0.1) is 18.3 Å². The largest absolute Gasteiger partial charge is 0.393 e. The van der Waals surface area contributed by atoms with E-state index in [1.54, 1.807) is 6.08 Å². The topological polar surface area (TPSA) is 89.8 Å². The Morgan fingerprint density at radius 2 is 1.97 bits per heavy atom. The maximum Gasteiger partial charge on any atom is 0.219 e. The van der Waals surface area contributed by atoms with Crippen LogP contribution in [0.2, 0.25) is 0 Å². The number of allylic oxidation sites excluding steroid dienone is 2. The number of aliphatic hydroxyl groups is 3. The molecule has 166 valence electrons. The summed E-state index contributed by atoms with van der Waals surface area (Å²) in [7, 11) is 0. The highest BCUT2D eigenvalue weighted by Crippen LogP contribution is 2.36. The van der Waals surface area contributed by atoms with Crippen LogP contribution in [0.5, 0.6) is 0 Å². The average Bonchev–Trinajstić information content (AvgIpc) is 3.00. The van der Waals surface area contributed by atoms with E-state index < -0.39 is 18.3 Å². The molecule has 1 amide bonds. The minimum atomic E-state index is -0.589. The fraction of sp³-hybridized carbons (Fsp3) is 0.560. The summed E-state index contributed by atoms with van der Waals surface area (Å²) >= 11 is 0. The van der Waals surface area contributed by atoms with E-state index in [0.717, 1.165) is 19.3 Å². The van der Waals surface area contributed by atoms with Crippen molar-refractivity contribution in [3.8, 4) is 0 Å². The summed E-state index contributed by atoms with van der Waals surface area (Å²) in [4.78, 5) is 11.4. The molecule has 1 aromatic carbocycles. The van der Waals surface area contributed by atoms with E-state index in [1.807, 2.05) is 55.5 Å². The van der Waals surface area contributed by atoms with Gasteiger partial charge in [-0.15, -0.1) is 0 Å². The molecule has 30 heavy (non-hydrogen) atoms. The lowest BCUT2D eigenvalue weighted by Gasteiger charge is -2.19. The summed E-state index contributed by atoms with van der Waals surface area (Å²) in [5.74, 6) is -0.139. The highest BCUT2D eigenvalue weighted by atomic mass is 16.3. The molecule has 0 aromatic heterocycles. The van der Waals surface area contributed by atoms with Crippen LogP contribution in [0.15, 0.2) is 54.6 Å².